The molecule has 3 aromatic rings. The van der Waals surface area contributed by atoms with Crippen LogP contribution in [0.2, 0.25) is 0 Å². The van der Waals surface area contributed by atoms with Crippen LogP contribution >= 0.6 is 0 Å². The van der Waals surface area contributed by atoms with Gasteiger partial charge in [0.1, 0.15) is 5.82 Å². The number of benzene rings is 2. The molecule has 0 saturated carbocycles. The lowest BCUT2D eigenvalue weighted by Crippen LogP contribution is -2.33. The fourth-order valence-corrected chi connectivity index (χ4v) is 2.15. The van der Waals surface area contributed by atoms with E-state index in [-0.39, 0.29) is 5.82 Å². The molecule has 21 heavy (non-hydrogen) atoms. The zero-order chi connectivity index (χ0) is 15.0. The van der Waals surface area contributed by atoms with Gasteiger partial charge >= 0.3 is 0 Å². The van der Waals surface area contributed by atoms with Gasteiger partial charge in [-0.2, -0.15) is 4.98 Å². The number of rotatable bonds is 3. The first-order chi connectivity index (χ1) is 10.0. The quantitative estimate of drug-likeness (QED) is 0.800. The largest absolute Gasteiger partial charge is 0.337 e. The third kappa shape index (κ3) is 2.29. The number of hydrogen-bond donors (Lipinski definition) is 1. The number of aromatic nitrogens is 2. The van der Waals surface area contributed by atoms with Crippen molar-refractivity contribution in [3.8, 4) is 11.4 Å². The minimum Gasteiger partial charge on any atom is -0.337 e. The van der Waals surface area contributed by atoms with Crippen LogP contribution in [0.3, 0.4) is 0 Å². The number of hydrogen-bond acceptors (Lipinski definition) is 4. The predicted molar refractivity (Wildman–Crippen MR) is 79.3 cm³/mol. The van der Waals surface area contributed by atoms with Gasteiger partial charge in [-0.25, -0.2) is 4.39 Å². The normalized spacial score (nSPS) is 12.0. The molecular weight excluding hydrogens is 269 g/mol. The van der Waals surface area contributed by atoms with E-state index in [0.717, 1.165) is 10.9 Å². The molecule has 1 heterocycles. The van der Waals surface area contributed by atoms with Crippen LogP contribution in [0.4, 0.5) is 4.39 Å². The number of fused-ring (bicyclic) bond motifs is 1. The highest BCUT2D eigenvalue weighted by atomic mass is 19.1. The van der Waals surface area contributed by atoms with E-state index in [0.29, 0.717) is 17.1 Å². The molecule has 0 radical (unpaired) electrons. The van der Waals surface area contributed by atoms with Crippen LogP contribution in [0.25, 0.3) is 22.2 Å². The first kappa shape index (κ1) is 13.7. The molecule has 4 nitrogen and oxygen atoms in total. The lowest BCUT2D eigenvalue weighted by Gasteiger charge is -2.17. The van der Waals surface area contributed by atoms with Gasteiger partial charge in [0.2, 0.25) is 11.7 Å². The fraction of sp³-hybridized carbons (Fsp3) is 0.250. The fourth-order valence-electron chi connectivity index (χ4n) is 2.15. The molecule has 0 bridgehead atoms. The summed E-state index contributed by atoms with van der Waals surface area (Å²) < 4.78 is 19.2. The topological polar surface area (TPSA) is 51.0 Å². The maximum atomic E-state index is 13.9. The minimum absolute atomic E-state index is 0.256. The van der Waals surface area contributed by atoms with Crippen molar-refractivity contribution in [1.82, 2.24) is 15.5 Å². The molecule has 1 N–H and O–H groups in total. The summed E-state index contributed by atoms with van der Waals surface area (Å²) in [5.74, 6) is 0.701. The molecule has 3 rings (SSSR count). The van der Waals surface area contributed by atoms with Crippen LogP contribution in [0.15, 0.2) is 40.9 Å². The summed E-state index contributed by atoms with van der Waals surface area (Å²) in [6.07, 6.45) is 0. The van der Waals surface area contributed by atoms with E-state index in [9.17, 15) is 4.39 Å². The monoisotopic (exact) mass is 285 g/mol. The van der Waals surface area contributed by atoms with E-state index in [1.54, 1.807) is 18.2 Å². The van der Waals surface area contributed by atoms with Crippen LogP contribution in [-0.4, -0.2) is 17.2 Å². The Morgan fingerprint density at radius 1 is 1.10 bits per heavy atom. The standard InChI is InChI=1S/C16H16FN3O/c1-16(2,18-3)15-19-14(20-21-15)12-8-9-13(17)11-7-5-4-6-10(11)12/h4-9,18H,1-3H3. The lowest BCUT2D eigenvalue weighted by molar-refractivity contribution is 0.281. The SMILES string of the molecule is CNC(C)(C)c1nc(-c2ccc(F)c3ccccc23)no1. The van der Waals surface area contributed by atoms with Crippen molar-refractivity contribution < 1.29 is 8.91 Å². The summed E-state index contributed by atoms with van der Waals surface area (Å²) in [5.41, 5.74) is 0.343. The van der Waals surface area contributed by atoms with E-state index in [1.807, 2.05) is 33.0 Å². The lowest BCUT2D eigenvalue weighted by atomic mass is 10.0. The molecule has 2 aromatic carbocycles. The summed E-state index contributed by atoms with van der Waals surface area (Å²) in [4.78, 5) is 4.44. The van der Waals surface area contributed by atoms with Crippen LogP contribution in [0.5, 0.6) is 0 Å². The van der Waals surface area contributed by atoms with E-state index in [2.05, 4.69) is 15.5 Å². The molecule has 0 aliphatic heterocycles. The van der Waals surface area contributed by atoms with Crippen molar-refractivity contribution >= 4 is 10.8 Å². The van der Waals surface area contributed by atoms with Crippen molar-refractivity contribution in [3.05, 3.63) is 48.1 Å². The summed E-state index contributed by atoms with van der Waals surface area (Å²) in [5, 5.41) is 8.47. The molecule has 1 aromatic heterocycles. The third-order valence-electron chi connectivity index (χ3n) is 3.70. The molecule has 5 heteroatoms. The molecular formula is C16H16FN3O. The summed E-state index contributed by atoms with van der Waals surface area (Å²) in [7, 11) is 1.83. The zero-order valence-corrected chi connectivity index (χ0v) is 12.1. The molecule has 0 spiro atoms. The van der Waals surface area contributed by atoms with Gasteiger partial charge in [-0.15, -0.1) is 0 Å². The summed E-state index contributed by atoms with van der Waals surface area (Å²) in [6, 6.07) is 10.4. The van der Waals surface area contributed by atoms with Gasteiger partial charge in [-0.05, 0) is 38.4 Å². The van der Waals surface area contributed by atoms with E-state index >= 15 is 0 Å². The Morgan fingerprint density at radius 3 is 2.52 bits per heavy atom. The van der Waals surface area contributed by atoms with Gasteiger partial charge in [-0.1, -0.05) is 29.4 Å². The molecule has 0 saturated heterocycles. The van der Waals surface area contributed by atoms with Crippen molar-refractivity contribution in [1.29, 1.82) is 0 Å². The number of nitrogens with zero attached hydrogens (tertiary/aromatic N) is 2. The smallest absolute Gasteiger partial charge is 0.246 e. The van der Waals surface area contributed by atoms with E-state index < -0.39 is 5.54 Å². The van der Waals surface area contributed by atoms with Gasteiger partial charge in [0.05, 0.1) is 5.54 Å². The highest BCUT2D eigenvalue weighted by Gasteiger charge is 2.26. The molecule has 0 atom stereocenters. The highest BCUT2D eigenvalue weighted by Crippen LogP contribution is 2.29. The maximum absolute atomic E-state index is 13.9. The second-order valence-corrected chi connectivity index (χ2v) is 5.44. The van der Waals surface area contributed by atoms with Gasteiger partial charge < -0.3 is 9.84 Å². The van der Waals surface area contributed by atoms with Gasteiger partial charge in [0.25, 0.3) is 0 Å². The third-order valence-corrected chi connectivity index (χ3v) is 3.70. The molecule has 0 aliphatic carbocycles. The minimum atomic E-state index is -0.416. The Bertz CT molecular complexity index is 795. The Morgan fingerprint density at radius 2 is 1.81 bits per heavy atom. The summed E-state index contributed by atoms with van der Waals surface area (Å²) in [6.45, 7) is 3.90. The summed E-state index contributed by atoms with van der Waals surface area (Å²) >= 11 is 0. The van der Waals surface area contributed by atoms with Crippen LogP contribution in [0, 0.1) is 5.82 Å². The van der Waals surface area contributed by atoms with Crippen LogP contribution < -0.4 is 5.32 Å². The van der Waals surface area contributed by atoms with Crippen molar-refractivity contribution in [2.45, 2.75) is 19.4 Å². The molecule has 0 fully saturated rings. The highest BCUT2D eigenvalue weighted by molar-refractivity contribution is 5.95. The number of nitrogens with one attached hydrogen (secondary N) is 1. The average molecular weight is 285 g/mol. The van der Waals surface area contributed by atoms with Crippen molar-refractivity contribution in [2.24, 2.45) is 0 Å². The molecule has 108 valence electrons. The van der Waals surface area contributed by atoms with Crippen molar-refractivity contribution in [3.63, 3.8) is 0 Å². The Kier molecular flexibility index (Phi) is 3.22. The van der Waals surface area contributed by atoms with Crippen LogP contribution in [-0.2, 0) is 5.54 Å². The Balaban J connectivity index is 2.16. The zero-order valence-electron chi connectivity index (χ0n) is 12.1. The average Bonchev–Trinajstić information content (AvgIpc) is 2.98. The van der Waals surface area contributed by atoms with Crippen LogP contribution in [0.1, 0.15) is 19.7 Å². The first-order valence-electron chi connectivity index (χ1n) is 6.73. The van der Waals surface area contributed by atoms with E-state index in [1.165, 1.54) is 6.07 Å². The molecule has 0 amide bonds. The molecule has 0 unspecified atom stereocenters. The van der Waals surface area contributed by atoms with Crippen molar-refractivity contribution in [2.75, 3.05) is 7.05 Å². The molecule has 0 aliphatic rings. The first-order valence-corrected chi connectivity index (χ1v) is 6.73. The second kappa shape index (κ2) is 4.93. The number of halogens is 1. The Hall–Kier alpha value is -2.27. The Labute approximate surface area is 122 Å². The maximum Gasteiger partial charge on any atom is 0.246 e. The van der Waals surface area contributed by atoms with Gasteiger partial charge in [0.15, 0.2) is 0 Å². The van der Waals surface area contributed by atoms with E-state index in [4.69, 9.17) is 4.52 Å². The predicted octanol–water partition coefficient (Wildman–Crippen LogP) is 3.48. The van der Waals surface area contributed by atoms with Gasteiger partial charge in [0, 0.05) is 10.9 Å². The second-order valence-electron chi connectivity index (χ2n) is 5.44. The van der Waals surface area contributed by atoms with Gasteiger partial charge in [-0.3, -0.25) is 0 Å².